The second-order valence-electron chi connectivity index (χ2n) is 5.86. The van der Waals surface area contributed by atoms with Gasteiger partial charge in [0.05, 0.1) is 14.8 Å². The Balaban J connectivity index is 1.95. The first-order chi connectivity index (χ1) is 13.2. The van der Waals surface area contributed by atoms with Crippen LogP contribution < -0.4 is 4.72 Å². The first kappa shape index (κ1) is 20.8. The van der Waals surface area contributed by atoms with Crippen molar-refractivity contribution in [1.29, 1.82) is 0 Å². The van der Waals surface area contributed by atoms with Crippen molar-refractivity contribution < 1.29 is 16.8 Å². The molecule has 28 heavy (non-hydrogen) atoms. The molecule has 0 saturated carbocycles. The molecule has 0 spiro atoms. The predicted molar refractivity (Wildman–Crippen MR) is 109 cm³/mol. The first-order valence-corrected chi connectivity index (χ1v) is 11.8. The third kappa shape index (κ3) is 4.56. The van der Waals surface area contributed by atoms with Gasteiger partial charge in [0, 0.05) is 11.6 Å². The topological polar surface area (TPSA) is 80.3 Å². The highest BCUT2D eigenvalue weighted by Crippen LogP contribution is 2.28. The van der Waals surface area contributed by atoms with Crippen LogP contribution in [0, 0.1) is 0 Å². The van der Waals surface area contributed by atoms with Gasteiger partial charge >= 0.3 is 0 Å². The van der Waals surface area contributed by atoms with Crippen LogP contribution in [0.5, 0.6) is 0 Å². The van der Waals surface area contributed by atoms with E-state index in [9.17, 15) is 16.8 Å². The number of sulfonamides is 1. The van der Waals surface area contributed by atoms with E-state index < -0.39 is 19.9 Å². The van der Waals surface area contributed by atoms with Crippen molar-refractivity contribution in [3.63, 3.8) is 0 Å². The van der Waals surface area contributed by atoms with Crippen molar-refractivity contribution in [2.24, 2.45) is 0 Å². The van der Waals surface area contributed by atoms with Gasteiger partial charge in [-0.3, -0.25) is 0 Å². The van der Waals surface area contributed by atoms with Gasteiger partial charge in [-0.15, -0.1) is 0 Å². The molecule has 0 aromatic heterocycles. The number of rotatable bonds is 6. The van der Waals surface area contributed by atoms with E-state index in [0.717, 1.165) is 11.6 Å². The quantitative estimate of drug-likeness (QED) is 0.600. The molecule has 0 saturated heterocycles. The Morgan fingerprint density at radius 3 is 2.00 bits per heavy atom. The minimum Gasteiger partial charge on any atom is -0.219 e. The van der Waals surface area contributed by atoms with Crippen molar-refractivity contribution in [3.05, 3.63) is 88.4 Å². The molecule has 146 valence electrons. The molecule has 0 amide bonds. The van der Waals surface area contributed by atoms with Gasteiger partial charge in [0.1, 0.15) is 4.90 Å². The van der Waals surface area contributed by atoms with E-state index >= 15 is 0 Å². The minimum atomic E-state index is -4.03. The molecular weight excluding hydrogens is 441 g/mol. The predicted octanol–water partition coefficient (Wildman–Crippen LogP) is 4.30. The molecule has 3 aromatic carbocycles. The number of benzene rings is 3. The fourth-order valence-electron chi connectivity index (χ4n) is 2.46. The Labute approximate surface area is 173 Å². The van der Waals surface area contributed by atoms with Gasteiger partial charge in [0.2, 0.25) is 19.9 Å². The van der Waals surface area contributed by atoms with Crippen LogP contribution in [0.2, 0.25) is 10.0 Å². The summed E-state index contributed by atoms with van der Waals surface area (Å²) in [4.78, 5) is -0.487. The molecule has 3 rings (SSSR count). The molecule has 0 aliphatic carbocycles. The maximum atomic E-state index is 12.8. The summed E-state index contributed by atoms with van der Waals surface area (Å²) in [6.45, 7) is 0.0493. The average molecular weight is 456 g/mol. The fraction of sp³-hybridized carbons (Fsp3) is 0.0526. The van der Waals surface area contributed by atoms with Gasteiger partial charge in [-0.25, -0.2) is 21.6 Å². The lowest BCUT2D eigenvalue weighted by molar-refractivity contribution is 0.581. The molecule has 0 fully saturated rings. The summed E-state index contributed by atoms with van der Waals surface area (Å²) >= 11 is 11.8. The molecule has 1 N–H and O–H groups in total. The molecule has 3 aromatic rings. The van der Waals surface area contributed by atoms with Crippen molar-refractivity contribution >= 4 is 43.1 Å². The van der Waals surface area contributed by atoms with Gasteiger partial charge in [0.15, 0.2) is 0 Å². The first-order valence-electron chi connectivity index (χ1n) is 8.04. The molecule has 0 unspecified atom stereocenters. The summed E-state index contributed by atoms with van der Waals surface area (Å²) in [5.74, 6) is 0. The number of hydrogen-bond donors (Lipinski definition) is 1. The zero-order valence-corrected chi connectivity index (χ0v) is 17.5. The van der Waals surface area contributed by atoms with Crippen LogP contribution in [0.25, 0.3) is 0 Å². The lowest BCUT2D eigenvalue weighted by atomic mass is 10.2. The zero-order chi connectivity index (χ0) is 20.4. The van der Waals surface area contributed by atoms with Crippen LogP contribution in [0.4, 0.5) is 0 Å². The fourth-order valence-corrected chi connectivity index (χ4v) is 5.49. The molecule has 5 nitrogen and oxygen atoms in total. The Hall–Kier alpha value is -1.90. The second kappa shape index (κ2) is 8.23. The molecule has 0 heterocycles. The molecule has 0 bridgehead atoms. The second-order valence-corrected chi connectivity index (χ2v) is 10.4. The Morgan fingerprint density at radius 1 is 0.750 bits per heavy atom. The van der Waals surface area contributed by atoms with Crippen LogP contribution >= 0.6 is 23.2 Å². The minimum absolute atomic E-state index is 0.000171. The summed E-state index contributed by atoms with van der Waals surface area (Å²) in [5.41, 5.74) is 0.757. The van der Waals surface area contributed by atoms with Crippen LogP contribution in [0.3, 0.4) is 0 Å². The van der Waals surface area contributed by atoms with Crippen LogP contribution in [-0.2, 0) is 26.4 Å². The Kier molecular flexibility index (Phi) is 6.12. The van der Waals surface area contributed by atoms with Crippen molar-refractivity contribution in [2.45, 2.75) is 21.2 Å². The molecule has 0 radical (unpaired) electrons. The van der Waals surface area contributed by atoms with Crippen LogP contribution in [-0.4, -0.2) is 16.8 Å². The monoisotopic (exact) mass is 455 g/mol. The SMILES string of the molecule is O=S(=O)(NCc1ccccc1)c1cc(S(=O)(=O)c2ccc(Cl)cc2)ccc1Cl. The van der Waals surface area contributed by atoms with Crippen molar-refractivity contribution in [2.75, 3.05) is 0 Å². The molecule has 0 atom stereocenters. The molecule has 9 heteroatoms. The van der Waals surface area contributed by atoms with Crippen molar-refractivity contribution in [3.8, 4) is 0 Å². The number of halogens is 2. The Bertz CT molecular complexity index is 1190. The summed E-state index contributed by atoms with van der Waals surface area (Å²) in [7, 11) is -7.96. The van der Waals surface area contributed by atoms with E-state index in [-0.39, 0.29) is 26.3 Å². The van der Waals surface area contributed by atoms with E-state index in [4.69, 9.17) is 23.2 Å². The van der Waals surface area contributed by atoms with Gasteiger partial charge in [0.25, 0.3) is 0 Å². The third-order valence-corrected chi connectivity index (χ3v) is 7.84. The summed E-state index contributed by atoms with van der Waals surface area (Å²) in [6, 6.07) is 18.1. The third-order valence-electron chi connectivity index (χ3n) is 3.94. The molecular formula is C19H15Cl2NO4S2. The zero-order valence-electron chi connectivity index (χ0n) is 14.3. The maximum absolute atomic E-state index is 12.8. The highest BCUT2D eigenvalue weighted by Gasteiger charge is 2.24. The van der Waals surface area contributed by atoms with Gasteiger partial charge < -0.3 is 0 Å². The summed E-state index contributed by atoms with van der Waals surface area (Å²) in [6.07, 6.45) is 0. The number of hydrogen-bond acceptors (Lipinski definition) is 4. The van der Waals surface area contributed by atoms with E-state index in [2.05, 4.69) is 4.72 Å². The average Bonchev–Trinajstić information content (AvgIpc) is 2.68. The highest BCUT2D eigenvalue weighted by atomic mass is 35.5. The Morgan fingerprint density at radius 2 is 1.36 bits per heavy atom. The van der Waals surface area contributed by atoms with Gasteiger partial charge in [-0.2, -0.15) is 0 Å². The van der Waals surface area contributed by atoms with E-state index in [1.165, 1.54) is 36.4 Å². The number of sulfone groups is 1. The lowest BCUT2D eigenvalue weighted by Gasteiger charge is -2.11. The number of nitrogens with one attached hydrogen (secondary N) is 1. The standard InChI is InChI=1S/C19H15Cl2NO4S2/c20-15-6-8-16(9-7-15)27(23,24)17-10-11-18(21)19(12-17)28(25,26)22-13-14-4-2-1-3-5-14/h1-12,22H,13H2. The smallest absolute Gasteiger partial charge is 0.219 e. The maximum Gasteiger partial charge on any atom is 0.242 e. The largest absolute Gasteiger partial charge is 0.242 e. The molecule has 0 aliphatic rings. The van der Waals surface area contributed by atoms with Gasteiger partial charge in [-0.05, 0) is 48.0 Å². The normalized spacial score (nSPS) is 12.1. The van der Waals surface area contributed by atoms with Gasteiger partial charge in [-0.1, -0.05) is 53.5 Å². The summed E-state index contributed by atoms with van der Waals surface area (Å²) < 4.78 is 53.4. The van der Waals surface area contributed by atoms with Crippen LogP contribution in [0.1, 0.15) is 5.56 Å². The van der Waals surface area contributed by atoms with E-state index in [1.807, 2.05) is 6.07 Å². The highest BCUT2D eigenvalue weighted by molar-refractivity contribution is 7.91. The lowest BCUT2D eigenvalue weighted by Crippen LogP contribution is -2.23. The van der Waals surface area contributed by atoms with E-state index in [1.54, 1.807) is 24.3 Å². The molecule has 0 aliphatic heterocycles. The summed E-state index contributed by atoms with van der Waals surface area (Å²) in [5, 5.41) is 0.319. The van der Waals surface area contributed by atoms with Crippen LogP contribution in [0.15, 0.2) is 87.5 Å². The van der Waals surface area contributed by atoms with Crippen molar-refractivity contribution in [1.82, 2.24) is 4.72 Å². The van der Waals surface area contributed by atoms with E-state index in [0.29, 0.717) is 5.02 Å².